The van der Waals surface area contributed by atoms with Gasteiger partial charge < -0.3 is 4.74 Å². The molecule has 1 aromatic carbocycles. The van der Waals surface area contributed by atoms with Gasteiger partial charge in [-0.05, 0) is 57.0 Å². The molecule has 2 rings (SSSR count). The molecule has 1 aromatic heterocycles. The maximum Gasteiger partial charge on any atom is 0.416 e. The zero-order chi connectivity index (χ0) is 23.6. The third kappa shape index (κ3) is 5.48. The van der Waals surface area contributed by atoms with Crippen molar-refractivity contribution in [3.63, 3.8) is 0 Å². The third-order valence-corrected chi connectivity index (χ3v) is 6.29. The second-order valence-corrected chi connectivity index (χ2v) is 9.97. The lowest BCUT2D eigenvalue weighted by atomic mass is 9.82. The average molecular weight is 460 g/mol. The van der Waals surface area contributed by atoms with E-state index in [1.165, 1.54) is 25.3 Å². The molecule has 0 unspecified atom stereocenters. The van der Waals surface area contributed by atoms with E-state index in [2.05, 4.69) is 9.71 Å². The first-order valence-corrected chi connectivity index (χ1v) is 10.4. The van der Waals surface area contributed by atoms with Crippen LogP contribution in [0.2, 0.25) is 0 Å². The molecule has 0 fully saturated rings. The van der Waals surface area contributed by atoms with Gasteiger partial charge in [0, 0.05) is 6.20 Å². The molecule has 0 bridgehead atoms. The molecule has 0 aliphatic rings. The number of alkyl halides is 3. The number of aryl methyl sites for hydroxylation is 1. The fourth-order valence-corrected chi connectivity index (χ4v) is 3.92. The minimum atomic E-state index is -4.59. The van der Waals surface area contributed by atoms with Gasteiger partial charge in [0.1, 0.15) is 17.1 Å². The van der Waals surface area contributed by atoms with Gasteiger partial charge in [0.05, 0.1) is 34.8 Å². The number of methoxy groups -OCH3 is 1. The number of ether oxygens (including phenoxy) is 1. The van der Waals surface area contributed by atoms with Crippen LogP contribution < -0.4 is 4.72 Å². The Labute approximate surface area is 180 Å². The Morgan fingerprint density at radius 3 is 2.32 bits per heavy atom. The predicted octanol–water partition coefficient (Wildman–Crippen LogP) is 4.41. The number of hydrogen-bond acceptors (Lipinski definition) is 4. The van der Waals surface area contributed by atoms with E-state index in [9.17, 15) is 26.6 Å². The van der Waals surface area contributed by atoms with Crippen LogP contribution in [-0.2, 0) is 32.2 Å². The summed E-state index contributed by atoms with van der Waals surface area (Å²) < 4.78 is 74.5. The quantitative estimate of drug-likeness (QED) is 0.512. The molecule has 0 saturated carbocycles. The summed E-state index contributed by atoms with van der Waals surface area (Å²) >= 11 is 0. The molecule has 5 nitrogen and oxygen atoms in total. The SMILES string of the molecule is COC(=O)C[C@](N[S@](=O)C(C)(C)C)(c1ccc(C(F)(F)F)c(C)c1)c1ncccc1F. The van der Waals surface area contributed by atoms with Gasteiger partial charge in [-0.25, -0.2) is 13.3 Å². The molecule has 170 valence electrons. The number of pyridine rings is 1. The Balaban J connectivity index is 2.85. The summed E-state index contributed by atoms with van der Waals surface area (Å²) in [5, 5.41) is 0. The fourth-order valence-electron chi connectivity index (χ4n) is 3.01. The highest BCUT2D eigenvalue weighted by Crippen LogP contribution is 2.39. The minimum Gasteiger partial charge on any atom is -0.469 e. The van der Waals surface area contributed by atoms with E-state index in [0.29, 0.717) is 0 Å². The number of carbonyl (C=O) groups excluding carboxylic acids is 1. The van der Waals surface area contributed by atoms with Gasteiger partial charge in [-0.3, -0.25) is 9.78 Å². The average Bonchev–Trinajstić information content (AvgIpc) is 2.65. The molecule has 10 heteroatoms. The number of esters is 1. The first kappa shape index (κ1) is 24.9. The van der Waals surface area contributed by atoms with Crippen LogP contribution in [0.5, 0.6) is 0 Å². The number of rotatable bonds is 6. The molecule has 31 heavy (non-hydrogen) atoms. The number of aromatic nitrogens is 1. The number of benzene rings is 1. The largest absolute Gasteiger partial charge is 0.469 e. The molecular formula is C21H24F4N2O3S. The number of nitrogens with one attached hydrogen (secondary N) is 1. The van der Waals surface area contributed by atoms with Crippen molar-refractivity contribution >= 4 is 17.0 Å². The first-order chi connectivity index (χ1) is 14.2. The lowest BCUT2D eigenvalue weighted by molar-refractivity contribution is -0.142. The van der Waals surface area contributed by atoms with Crippen molar-refractivity contribution < 1.29 is 31.3 Å². The maximum atomic E-state index is 14.9. The molecular weight excluding hydrogens is 436 g/mol. The summed E-state index contributed by atoms with van der Waals surface area (Å²) in [4.78, 5) is 16.4. The molecule has 2 aromatic rings. The Morgan fingerprint density at radius 2 is 1.84 bits per heavy atom. The van der Waals surface area contributed by atoms with Crippen molar-refractivity contribution in [3.05, 3.63) is 64.7 Å². The van der Waals surface area contributed by atoms with E-state index in [4.69, 9.17) is 4.74 Å². The second kappa shape index (κ2) is 9.04. The monoisotopic (exact) mass is 460 g/mol. The lowest BCUT2D eigenvalue weighted by Gasteiger charge is -2.36. The van der Waals surface area contributed by atoms with Crippen LogP contribution in [0.3, 0.4) is 0 Å². The highest BCUT2D eigenvalue weighted by molar-refractivity contribution is 7.84. The van der Waals surface area contributed by atoms with Crippen LogP contribution >= 0.6 is 0 Å². The van der Waals surface area contributed by atoms with Gasteiger partial charge in [-0.15, -0.1) is 0 Å². The van der Waals surface area contributed by atoms with E-state index in [1.807, 2.05) is 0 Å². The Bertz CT molecular complexity index is 989. The summed E-state index contributed by atoms with van der Waals surface area (Å²) in [5.74, 6) is -1.61. The molecule has 1 heterocycles. The molecule has 0 aliphatic heterocycles. The molecule has 1 N–H and O–H groups in total. The number of hydrogen-bond donors (Lipinski definition) is 1. The van der Waals surface area contributed by atoms with E-state index in [-0.39, 0.29) is 16.8 Å². The molecule has 0 aliphatic carbocycles. The smallest absolute Gasteiger partial charge is 0.416 e. The van der Waals surface area contributed by atoms with Gasteiger partial charge in [0.25, 0.3) is 0 Å². The molecule has 0 radical (unpaired) electrons. The normalized spacial score (nSPS) is 15.3. The van der Waals surface area contributed by atoms with Crippen molar-refractivity contribution in [2.75, 3.05) is 7.11 Å². The van der Waals surface area contributed by atoms with Crippen molar-refractivity contribution in [2.24, 2.45) is 0 Å². The standard InChI is InChI=1S/C21H24F4N2O3S/c1-13-11-14(8-9-15(13)21(23,24)25)20(12-17(28)30-5,27-31(29)19(2,3)4)18-16(22)7-6-10-26-18/h6-11,27H,12H2,1-5H3/t20-,31+/m0/s1. The zero-order valence-electron chi connectivity index (χ0n) is 17.8. The van der Waals surface area contributed by atoms with Gasteiger partial charge in [0.15, 0.2) is 0 Å². The van der Waals surface area contributed by atoms with E-state index < -0.39 is 51.2 Å². The van der Waals surface area contributed by atoms with Crippen LogP contribution in [-0.4, -0.2) is 27.0 Å². The summed E-state index contributed by atoms with van der Waals surface area (Å²) in [6.45, 7) is 6.23. The van der Waals surface area contributed by atoms with Crippen LogP contribution in [0.15, 0.2) is 36.5 Å². The van der Waals surface area contributed by atoms with E-state index in [1.54, 1.807) is 20.8 Å². The van der Waals surface area contributed by atoms with Gasteiger partial charge in [-0.2, -0.15) is 13.2 Å². The van der Waals surface area contributed by atoms with Crippen molar-refractivity contribution in [1.29, 1.82) is 0 Å². The van der Waals surface area contributed by atoms with Crippen LogP contribution in [0.25, 0.3) is 0 Å². The lowest BCUT2D eigenvalue weighted by Crippen LogP contribution is -2.51. The van der Waals surface area contributed by atoms with Crippen molar-refractivity contribution in [1.82, 2.24) is 9.71 Å². The summed E-state index contributed by atoms with van der Waals surface area (Å²) in [6.07, 6.45) is -3.86. The molecule has 0 amide bonds. The Morgan fingerprint density at radius 1 is 1.19 bits per heavy atom. The first-order valence-electron chi connectivity index (χ1n) is 9.28. The van der Waals surface area contributed by atoms with Gasteiger partial charge in [0.2, 0.25) is 0 Å². The summed E-state index contributed by atoms with van der Waals surface area (Å²) in [5.41, 5.74) is -3.04. The molecule has 2 atom stereocenters. The summed E-state index contributed by atoms with van der Waals surface area (Å²) in [7, 11) is -0.725. The maximum absolute atomic E-state index is 14.9. The van der Waals surface area contributed by atoms with Crippen LogP contribution in [0.1, 0.15) is 49.6 Å². The Hall–Kier alpha value is -2.33. The Kier molecular flexibility index (Phi) is 7.27. The summed E-state index contributed by atoms with van der Waals surface area (Å²) in [6, 6.07) is 5.60. The number of nitrogens with zero attached hydrogens (tertiary/aromatic N) is 1. The second-order valence-electron chi connectivity index (χ2n) is 8.00. The van der Waals surface area contributed by atoms with Crippen molar-refractivity contribution in [2.45, 2.75) is 50.6 Å². The van der Waals surface area contributed by atoms with Gasteiger partial charge >= 0.3 is 12.1 Å². The van der Waals surface area contributed by atoms with Gasteiger partial charge in [-0.1, -0.05) is 12.1 Å². The topological polar surface area (TPSA) is 68.3 Å². The number of carbonyl (C=O) groups is 1. The fraction of sp³-hybridized carbons (Fsp3) is 0.429. The highest BCUT2D eigenvalue weighted by Gasteiger charge is 2.44. The van der Waals surface area contributed by atoms with E-state index in [0.717, 1.165) is 25.3 Å². The van der Waals surface area contributed by atoms with Crippen LogP contribution in [0, 0.1) is 12.7 Å². The van der Waals surface area contributed by atoms with Crippen molar-refractivity contribution in [3.8, 4) is 0 Å². The number of halogens is 4. The minimum absolute atomic E-state index is 0.0959. The molecule has 0 saturated heterocycles. The van der Waals surface area contributed by atoms with E-state index >= 15 is 0 Å². The highest BCUT2D eigenvalue weighted by atomic mass is 32.2. The molecule has 0 spiro atoms. The predicted molar refractivity (Wildman–Crippen MR) is 109 cm³/mol. The zero-order valence-corrected chi connectivity index (χ0v) is 18.6. The third-order valence-electron chi connectivity index (χ3n) is 4.65. The van der Waals surface area contributed by atoms with Crippen LogP contribution in [0.4, 0.5) is 17.6 Å².